The number of likely N-dealkylation sites (N-methyl/N-ethyl adjacent to an activating group) is 1. The zero-order chi connectivity index (χ0) is 24.3. The van der Waals surface area contributed by atoms with Crippen molar-refractivity contribution in [3.63, 3.8) is 0 Å². The van der Waals surface area contributed by atoms with E-state index in [1.165, 1.54) is 33.5 Å². The van der Waals surface area contributed by atoms with Gasteiger partial charge in [-0.2, -0.15) is 4.31 Å². The van der Waals surface area contributed by atoms with E-state index in [9.17, 15) is 18.0 Å². The number of carbonyl (C=O) groups is 2. The minimum absolute atomic E-state index is 0.114. The Bertz CT molecular complexity index is 1120. The van der Waals surface area contributed by atoms with Gasteiger partial charge in [0.1, 0.15) is 0 Å². The van der Waals surface area contributed by atoms with E-state index in [2.05, 4.69) is 12.2 Å². The molecule has 0 aliphatic carbocycles. The van der Waals surface area contributed by atoms with Gasteiger partial charge in [0.05, 0.1) is 11.4 Å². The lowest BCUT2D eigenvalue weighted by Gasteiger charge is -2.30. The average molecular weight is 472 g/mol. The smallest absolute Gasteiger partial charge is 0.254 e. The number of sulfonamides is 1. The average Bonchev–Trinajstić information content (AvgIpc) is 2.75. The van der Waals surface area contributed by atoms with Crippen LogP contribution in [0.25, 0.3) is 0 Å². The van der Waals surface area contributed by atoms with Gasteiger partial charge in [0, 0.05) is 31.4 Å². The Hall–Kier alpha value is -2.71. The molecule has 0 radical (unpaired) electrons. The van der Waals surface area contributed by atoms with Gasteiger partial charge in [-0.3, -0.25) is 9.59 Å². The molecule has 0 spiro atoms. The second-order valence-corrected chi connectivity index (χ2v) is 11.1. The zero-order valence-electron chi connectivity index (χ0n) is 20.0. The van der Waals surface area contributed by atoms with Crippen molar-refractivity contribution in [3.05, 3.63) is 58.7 Å². The summed E-state index contributed by atoms with van der Waals surface area (Å²) in [5.41, 5.74) is 4.15. The SMILES string of the molecule is Cc1cc(C)c(NC(=O)CN(C)C(=O)c2ccc(S(=O)(=O)N3CCC[C@H](C)C3)cc2)c(C)c1. The van der Waals surface area contributed by atoms with Crippen LogP contribution in [0.4, 0.5) is 5.69 Å². The number of nitrogens with one attached hydrogen (secondary N) is 1. The monoisotopic (exact) mass is 471 g/mol. The van der Waals surface area contributed by atoms with Crippen LogP contribution in [0.15, 0.2) is 41.3 Å². The number of rotatable bonds is 6. The number of nitrogens with zero attached hydrogens (tertiary/aromatic N) is 2. The molecular formula is C25H33N3O4S. The Balaban J connectivity index is 1.65. The quantitative estimate of drug-likeness (QED) is 0.695. The lowest BCUT2D eigenvalue weighted by molar-refractivity contribution is -0.116. The minimum Gasteiger partial charge on any atom is -0.332 e. The number of hydrogen-bond donors (Lipinski definition) is 1. The molecule has 0 bridgehead atoms. The molecule has 1 N–H and O–H groups in total. The Labute approximate surface area is 196 Å². The number of anilines is 1. The van der Waals surface area contributed by atoms with Gasteiger partial charge in [-0.15, -0.1) is 0 Å². The lowest BCUT2D eigenvalue weighted by atomic mass is 10.0. The van der Waals surface area contributed by atoms with Gasteiger partial charge in [-0.1, -0.05) is 24.6 Å². The molecule has 2 amide bonds. The van der Waals surface area contributed by atoms with E-state index >= 15 is 0 Å². The normalized spacial score (nSPS) is 16.9. The largest absolute Gasteiger partial charge is 0.332 e. The maximum absolute atomic E-state index is 12.9. The lowest BCUT2D eigenvalue weighted by Crippen LogP contribution is -2.39. The van der Waals surface area contributed by atoms with Gasteiger partial charge < -0.3 is 10.2 Å². The first-order chi connectivity index (χ1) is 15.5. The first-order valence-electron chi connectivity index (χ1n) is 11.2. The highest BCUT2D eigenvalue weighted by Crippen LogP contribution is 2.24. The second kappa shape index (κ2) is 10.1. The Morgan fingerprint density at radius 2 is 1.70 bits per heavy atom. The van der Waals surface area contributed by atoms with Crippen LogP contribution < -0.4 is 5.32 Å². The highest BCUT2D eigenvalue weighted by molar-refractivity contribution is 7.89. The van der Waals surface area contributed by atoms with E-state index in [4.69, 9.17) is 0 Å². The highest BCUT2D eigenvalue weighted by atomic mass is 32.2. The van der Waals surface area contributed by atoms with E-state index in [0.29, 0.717) is 24.6 Å². The molecule has 8 heteroatoms. The van der Waals surface area contributed by atoms with Gasteiger partial charge in [0.2, 0.25) is 15.9 Å². The number of piperidine rings is 1. The molecule has 1 fully saturated rings. The fourth-order valence-corrected chi connectivity index (χ4v) is 5.95. The van der Waals surface area contributed by atoms with Gasteiger partial charge >= 0.3 is 0 Å². The molecule has 0 aromatic heterocycles. The zero-order valence-corrected chi connectivity index (χ0v) is 20.8. The first kappa shape index (κ1) is 24.9. The molecule has 1 aliphatic heterocycles. The molecule has 178 valence electrons. The third-order valence-corrected chi connectivity index (χ3v) is 7.91. The second-order valence-electron chi connectivity index (χ2n) is 9.12. The number of carbonyl (C=O) groups excluding carboxylic acids is 2. The van der Waals surface area contributed by atoms with Crippen LogP contribution in [0.5, 0.6) is 0 Å². The predicted molar refractivity (Wildman–Crippen MR) is 130 cm³/mol. The van der Waals surface area contributed by atoms with Crippen LogP contribution in [0.3, 0.4) is 0 Å². The van der Waals surface area contributed by atoms with Crippen molar-refractivity contribution in [2.75, 3.05) is 32.0 Å². The summed E-state index contributed by atoms with van der Waals surface area (Å²) in [6, 6.07) is 9.94. The summed E-state index contributed by atoms with van der Waals surface area (Å²) in [6.07, 6.45) is 1.88. The molecular weight excluding hydrogens is 438 g/mol. The van der Waals surface area contributed by atoms with Crippen LogP contribution in [0.1, 0.15) is 46.8 Å². The number of aryl methyl sites for hydroxylation is 3. The van der Waals surface area contributed by atoms with E-state index in [-0.39, 0.29) is 23.3 Å². The van der Waals surface area contributed by atoms with Crippen molar-refractivity contribution in [2.24, 2.45) is 5.92 Å². The van der Waals surface area contributed by atoms with Crippen molar-refractivity contribution >= 4 is 27.5 Å². The van der Waals surface area contributed by atoms with Gasteiger partial charge in [0.15, 0.2) is 0 Å². The van der Waals surface area contributed by atoms with Crippen LogP contribution in [-0.4, -0.2) is 56.1 Å². The standard InChI is InChI=1S/C25H33N3O4S/c1-17-7-6-12-28(15-17)33(31,32)22-10-8-21(9-11-22)25(30)27(5)16-23(29)26-24-19(3)13-18(2)14-20(24)4/h8-11,13-14,17H,6-7,12,15-16H2,1-5H3,(H,26,29)/t17-/m0/s1. The highest BCUT2D eigenvalue weighted by Gasteiger charge is 2.29. The van der Waals surface area contributed by atoms with Crippen LogP contribution in [-0.2, 0) is 14.8 Å². The summed E-state index contributed by atoms with van der Waals surface area (Å²) in [5.74, 6) is -0.306. The van der Waals surface area contributed by atoms with Gasteiger partial charge in [-0.05, 0) is 74.9 Å². The maximum atomic E-state index is 12.9. The summed E-state index contributed by atoms with van der Waals surface area (Å²) >= 11 is 0. The van der Waals surface area contributed by atoms with Crippen molar-refractivity contribution in [2.45, 2.75) is 45.4 Å². The minimum atomic E-state index is -3.58. The third kappa shape index (κ3) is 5.81. The summed E-state index contributed by atoms with van der Waals surface area (Å²) in [4.78, 5) is 26.9. The molecule has 7 nitrogen and oxygen atoms in total. The van der Waals surface area contributed by atoms with E-state index < -0.39 is 10.0 Å². The van der Waals surface area contributed by atoms with E-state index in [1.54, 1.807) is 7.05 Å². The molecule has 3 rings (SSSR count). The topological polar surface area (TPSA) is 86.8 Å². The van der Waals surface area contributed by atoms with Crippen molar-refractivity contribution in [3.8, 4) is 0 Å². The predicted octanol–water partition coefficient (Wildman–Crippen LogP) is 3.74. The summed E-state index contributed by atoms with van der Waals surface area (Å²) in [6.45, 7) is 8.84. The van der Waals surface area contributed by atoms with E-state index in [0.717, 1.165) is 35.2 Å². The van der Waals surface area contributed by atoms with Crippen molar-refractivity contribution in [1.29, 1.82) is 0 Å². The van der Waals surface area contributed by atoms with E-state index in [1.807, 2.05) is 32.9 Å². The van der Waals surface area contributed by atoms with Crippen LogP contribution in [0.2, 0.25) is 0 Å². The van der Waals surface area contributed by atoms with Gasteiger partial charge in [0.25, 0.3) is 5.91 Å². The Kier molecular flexibility index (Phi) is 7.59. The van der Waals surface area contributed by atoms with Crippen LogP contribution >= 0.6 is 0 Å². The summed E-state index contributed by atoms with van der Waals surface area (Å²) in [5, 5.41) is 2.89. The van der Waals surface area contributed by atoms with Crippen molar-refractivity contribution < 1.29 is 18.0 Å². The molecule has 33 heavy (non-hydrogen) atoms. The molecule has 1 aliphatic rings. The summed E-state index contributed by atoms with van der Waals surface area (Å²) in [7, 11) is -2.03. The maximum Gasteiger partial charge on any atom is 0.254 e. The third-order valence-electron chi connectivity index (χ3n) is 6.03. The van der Waals surface area contributed by atoms with Crippen LogP contribution in [0, 0.1) is 26.7 Å². The molecule has 1 saturated heterocycles. The summed E-state index contributed by atoms with van der Waals surface area (Å²) < 4.78 is 27.4. The molecule has 1 heterocycles. The molecule has 0 unspecified atom stereocenters. The molecule has 0 saturated carbocycles. The Morgan fingerprint density at radius 3 is 2.27 bits per heavy atom. The fraction of sp³-hybridized carbons (Fsp3) is 0.440. The Morgan fingerprint density at radius 1 is 1.09 bits per heavy atom. The van der Waals surface area contributed by atoms with Gasteiger partial charge in [-0.25, -0.2) is 8.42 Å². The fourth-order valence-electron chi connectivity index (χ4n) is 4.35. The number of hydrogen-bond acceptors (Lipinski definition) is 4. The molecule has 2 aromatic carbocycles. The van der Waals surface area contributed by atoms with Crippen molar-refractivity contribution in [1.82, 2.24) is 9.21 Å². The number of benzene rings is 2. The molecule has 2 aromatic rings. The first-order valence-corrected chi connectivity index (χ1v) is 12.7. The number of amides is 2. The molecule has 1 atom stereocenters.